The van der Waals surface area contributed by atoms with Crippen molar-refractivity contribution < 1.29 is 13.9 Å². The molecule has 5 heteroatoms. The summed E-state index contributed by atoms with van der Waals surface area (Å²) in [5.41, 5.74) is 6.34. The van der Waals surface area contributed by atoms with Crippen molar-refractivity contribution >= 4 is 5.91 Å². The Labute approximate surface area is 88.6 Å². The Morgan fingerprint density at radius 1 is 1.73 bits per heavy atom. The van der Waals surface area contributed by atoms with Crippen LogP contribution in [0.2, 0.25) is 0 Å². The van der Waals surface area contributed by atoms with Gasteiger partial charge in [-0.1, -0.05) is 0 Å². The zero-order chi connectivity index (χ0) is 11.1. The highest BCUT2D eigenvalue weighted by Gasteiger charge is 2.10. The molecule has 0 aliphatic heterocycles. The van der Waals surface area contributed by atoms with Gasteiger partial charge in [-0.2, -0.15) is 0 Å². The van der Waals surface area contributed by atoms with E-state index in [1.807, 2.05) is 0 Å². The number of amides is 1. The van der Waals surface area contributed by atoms with E-state index in [0.717, 1.165) is 5.56 Å². The van der Waals surface area contributed by atoms with Gasteiger partial charge in [-0.3, -0.25) is 4.79 Å². The maximum Gasteiger partial charge on any atom is 0.222 e. The highest BCUT2D eigenvalue weighted by molar-refractivity contribution is 5.76. The predicted octanol–water partition coefficient (Wildman–Crippen LogP) is 0.260. The fourth-order valence-corrected chi connectivity index (χ4v) is 1.14. The molecule has 0 aliphatic carbocycles. The number of hydrogen-bond donors (Lipinski definition) is 2. The molecule has 1 aromatic rings. The molecule has 0 radical (unpaired) electrons. The van der Waals surface area contributed by atoms with E-state index in [1.165, 1.54) is 0 Å². The summed E-state index contributed by atoms with van der Waals surface area (Å²) in [5.74, 6) is -0.0755. The van der Waals surface area contributed by atoms with E-state index in [4.69, 9.17) is 14.9 Å². The normalized spacial score (nSPS) is 12.4. The van der Waals surface area contributed by atoms with Gasteiger partial charge in [0.05, 0.1) is 25.1 Å². The van der Waals surface area contributed by atoms with Crippen LogP contribution in [0.4, 0.5) is 0 Å². The first-order valence-corrected chi connectivity index (χ1v) is 4.77. The van der Waals surface area contributed by atoms with Crippen molar-refractivity contribution in [1.29, 1.82) is 0 Å². The molecule has 15 heavy (non-hydrogen) atoms. The maximum atomic E-state index is 11.4. The van der Waals surface area contributed by atoms with Crippen LogP contribution in [0.3, 0.4) is 0 Å². The van der Waals surface area contributed by atoms with E-state index >= 15 is 0 Å². The highest BCUT2D eigenvalue weighted by Crippen LogP contribution is 2.00. The lowest BCUT2D eigenvalue weighted by molar-refractivity contribution is -0.123. The third-order valence-electron chi connectivity index (χ3n) is 2.08. The lowest BCUT2D eigenvalue weighted by Gasteiger charge is -2.11. The zero-order valence-electron chi connectivity index (χ0n) is 8.73. The summed E-state index contributed by atoms with van der Waals surface area (Å²) >= 11 is 0. The first kappa shape index (κ1) is 11.7. The second-order valence-electron chi connectivity index (χ2n) is 3.21. The van der Waals surface area contributed by atoms with Crippen molar-refractivity contribution in [3.05, 3.63) is 24.2 Å². The fourth-order valence-electron chi connectivity index (χ4n) is 1.14. The Hall–Kier alpha value is -1.33. The number of carbonyl (C=O) groups excluding carboxylic acids is 1. The SMILES string of the molecule is COC(CN)CC(=O)NCc1ccoc1. The molecule has 0 aliphatic rings. The minimum Gasteiger partial charge on any atom is -0.472 e. The van der Waals surface area contributed by atoms with Crippen LogP contribution in [0.15, 0.2) is 23.0 Å². The third-order valence-corrected chi connectivity index (χ3v) is 2.08. The van der Waals surface area contributed by atoms with Gasteiger partial charge >= 0.3 is 0 Å². The van der Waals surface area contributed by atoms with Crippen LogP contribution >= 0.6 is 0 Å². The Kier molecular flexibility index (Phi) is 4.86. The highest BCUT2D eigenvalue weighted by atomic mass is 16.5. The lowest BCUT2D eigenvalue weighted by atomic mass is 10.2. The number of hydrogen-bond acceptors (Lipinski definition) is 4. The quantitative estimate of drug-likeness (QED) is 0.709. The first-order valence-electron chi connectivity index (χ1n) is 4.77. The summed E-state index contributed by atoms with van der Waals surface area (Å²) < 4.78 is 9.88. The van der Waals surface area contributed by atoms with Crippen LogP contribution in [0.1, 0.15) is 12.0 Å². The van der Waals surface area contributed by atoms with Crippen molar-refractivity contribution in [2.45, 2.75) is 19.1 Å². The van der Waals surface area contributed by atoms with E-state index in [2.05, 4.69) is 5.32 Å². The average molecular weight is 212 g/mol. The number of nitrogens with two attached hydrogens (primary N) is 1. The molecular weight excluding hydrogens is 196 g/mol. The molecule has 1 aromatic heterocycles. The first-order chi connectivity index (χ1) is 7.26. The number of ether oxygens (including phenoxy) is 1. The molecule has 1 unspecified atom stereocenters. The van der Waals surface area contributed by atoms with E-state index in [-0.39, 0.29) is 18.4 Å². The standard InChI is InChI=1S/C10H16N2O3/c1-14-9(5-11)4-10(13)12-6-8-2-3-15-7-8/h2-3,7,9H,4-6,11H2,1H3,(H,12,13). The van der Waals surface area contributed by atoms with Gasteiger partial charge < -0.3 is 20.2 Å². The van der Waals surface area contributed by atoms with Gasteiger partial charge in [-0.15, -0.1) is 0 Å². The summed E-state index contributed by atoms with van der Waals surface area (Å²) in [6.45, 7) is 0.811. The summed E-state index contributed by atoms with van der Waals surface area (Å²) in [7, 11) is 1.54. The summed E-state index contributed by atoms with van der Waals surface area (Å²) in [6.07, 6.45) is 3.23. The maximum absolute atomic E-state index is 11.4. The molecule has 0 saturated carbocycles. The molecule has 3 N–H and O–H groups in total. The smallest absolute Gasteiger partial charge is 0.222 e. The van der Waals surface area contributed by atoms with E-state index in [0.29, 0.717) is 13.1 Å². The second-order valence-corrected chi connectivity index (χ2v) is 3.21. The van der Waals surface area contributed by atoms with Crippen LogP contribution in [0.25, 0.3) is 0 Å². The van der Waals surface area contributed by atoms with Crippen LogP contribution < -0.4 is 11.1 Å². The van der Waals surface area contributed by atoms with E-state index < -0.39 is 0 Å². The largest absolute Gasteiger partial charge is 0.472 e. The minimum absolute atomic E-state index is 0.0755. The van der Waals surface area contributed by atoms with Gasteiger partial charge in [0.1, 0.15) is 0 Å². The molecule has 84 valence electrons. The Morgan fingerprint density at radius 2 is 2.53 bits per heavy atom. The molecule has 1 atom stereocenters. The fraction of sp³-hybridized carbons (Fsp3) is 0.500. The van der Waals surface area contributed by atoms with Gasteiger partial charge in [0, 0.05) is 25.8 Å². The topological polar surface area (TPSA) is 77.5 Å². The number of rotatable bonds is 6. The molecule has 5 nitrogen and oxygen atoms in total. The summed E-state index contributed by atoms with van der Waals surface area (Å²) in [5, 5.41) is 2.75. The van der Waals surface area contributed by atoms with Crippen molar-refractivity contribution in [2.75, 3.05) is 13.7 Å². The molecule has 0 aromatic carbocycles. The molecular formula is C10H16N2O3. The summed E-state index contributed by atoms with van der Waals surface area (Å²) in [4.78, 5) is 11.4. The van der Waals surface area contributed by atoms with Crippen molar-refractivity contribution in [2.24, 2.45) is 5.73 Å². The monoisotopic (exact) mass is 212 g/mol. The molecule has 0 bridgehead atoms. The Balaban J connectivity index is 2.24. The average Bonchev–Trinajstić information content (AvgIpc) is 2.75. The number of nitrogens with one attached hydrogen (secondary N) is 1. The van der Waals surface area contributed by atoms with E-state index in [9.17, 15) is 4.79 Å². The second kappa shape index (κ2) is 6.21. The van der Waals surface area contributed by atoms with E-state index in [1.54, 1.807) is 25.7 Å². The van der Waals surface area contributed by atoms with Gasteiger partial charge in [-0.05, 0) is 6.07 Å². The Morgan fingerprint density at radius 3 is 3.07 bits per heavy atom. The van der Waals surface area contributed by atoms with Crippen molar-refractivity contribution in [3.63, 3.8) is 0 Å². The molecule has 1 amide bonds. The zero-order valence-corrected chi connectivity index (χ0v) is 8.73. The molecule has 0 spiro atoms. The lowest BCUT2D eigenvalue weighted by Crippen LogP contribution is -2.31. The Bertz CT molecular complexity index is 281. The van der Waals surface area contributed by atoms with Gasteiger partial charge in [0.2, 0.25) is 5.91 Å². The van der Waals surface area contributed by atoms with Crippen molar-refractivity contribution in [3.8, 4) is 0 Å². The number of carbonyl (C=O) groups is 1. The van der Waals surface area contributed by atoms with Crippen molar-refractivity contribution in [1.82, 2.24) is 5.32 Å². The molecule has 1 rings (SSSR count). The number of furan rings is 1. The molecule has 0 fully saturated rings. The molecule has 0 saturated heterocycles. The van der Waals surface area contributed by atoms with Gasteiger partial charge in [0.25, 0.3) is 0 Å². The van der Waals surface area contributed by atoms with Crippen LogP contribution in [0, 0.1) is 0 Å². The van der Waals surface area contributed by atoms with Crippen LogP contribution in [-0.2, 0) is 16.1 Å². The predicted molar refractivity (Wildman–Crippen MR) is 55.0 cm³/mol. The molecule has 1 heterocycles. The van der Waals surface area contributed by atoms with Gasteiger partial charge in [-0.25, -0.2) is 0 Å². The van der Waals surface area contributed by atoms with Crippen LogP contribution in [0.5, 0.6) is 0 Å². The summed E-state index contributed by atoms with van der Waals surface area (Å²) in [6, 6.07) is 1.80. The van der Waals surface area contributed by atoms with Crippen LogP contribution in [-0.4, -0.2) is 25.7 Å². The minimum atomic E-state index is -0.214. The van der Waals surface area contributed by atoms with Gasteiger partial charge in [0.15, 0.2) is 0 Å². The third kappa shape index (κ3) is 4.14. The number of methoxy groups -OCH3 is 1.